The third-order valence-corrected chi connectivity index (χ3v) is 2.74. The maximum atomic E-state index is 4.36. The Morgan fingerprint density at radius 3 is 3.00 bits per heavy atom. The summed E-state index contributed by atoms with van der Waals surface area (Å²) in [5.41, 5.74) is 0. The average Bonchev–Trinajstić information content (AvgIpc) is 2.73. The lowest BCUT2D eigenvalue weighted by Gasteiger charge is -2.03. The van der Waals surface area contributed by atoms with Crippen molar-refractivity contribution >= 4 is 17.7 Å². The van der Waals surface area contributed by atoms with Gasteiger partial charge < -0.3 is 5.32 Å². The molecule has 0 atom stereocenters. The number of H-pyrrole nitrogens is 1. The molecular formula is C10H14N6S. The summed E-state index contributed by atoms with van der Waals surface area (Å²) in [7, 11) is 0. The van der Waals surface area contributed by atoms with Crippen LogP contribution in [0.5, 0.6) is 0 Å². The fourth-order valence-electron chi connectivity index (χ4n) is 1.18. The number of hydrogen-bond acceptors (Lipinski definition) is 6. The number of aromatic nitrogens is 5. The Bertz CT molecular complexity index is 483. The van der Waals surface area contributed by atoms with Crippen molar-refractivity contribution < 1.29 is 0 Å². The molecule has 0 radical (unpaired) electrons. The van der Waals surface area contributed by atoms with Crippen LogP contribution in [0.15, 0.2) is 22.4 Å². The quantitative estimate of drug-likeness (QED) is 0.789. The van der Waals surface area contributed by atoms with Crippen LogP contribution >= 0.6 is 11.8 Å². The summed E-state index contributed by atoms with van der Waals surface area (Å²) in [6, 6.07) is 1.84. The Morgan fingerprint density at radius 2 is 2.29 bits per heavy atom. The van der Waals surface area contributed by atoms with E-state index in [0.29, 0.717) is 11.1 Å². The van der Waals surface area contributed by atoms with E-state index in [4.69, 9.17) is 0 Å². The van der Waals surface area contributed by atoms with Gasteiger partial charge in [-0.1, -0.05) is 6.92 Å². The maximum Gasteiger partial charge on any atom is 0.223 e. The predicted octanol–water partition coefficient (Wildman–Crippen LogP) is 1.88. The molecule has 2 aromatic heterocycles. The first-order valence-electron chi connectivity index (χ1n) is 5.41. The van der Waals surface area contributed by atoms with E-state index < -0.39 is 0 Å². The van der Waals surface area contributed by atoms with Gasteiger partial charge in [-0.15, -0.1) is 5.10 Å². The molecule has 90 valence electrons. The van der Waals surface area contributed by atoms with Crippen molar-refractivity contribution in [3.63, 3.8) is 0 Å². The van der Waals surface area contributed by atoms with Crippen molar-refractivity contribution in [3.05, 3.63) is 18.1 Å². The van der Waals surface area contributed by atoms with Crippen molar-refractivity contribution in [2.45, 2.75) is 30.5 Å². The number of nitrogens with zero attached hydrogens (tertiary/aromatic N) is 4. The highest BCUT2D eigenvalue weighted by Crippen LogP contribution is 2.22. The molecule has 2 rings (SSSR count). The molecular weight excluding hydrogens is 236 g/mol. The van der Waals surface area contributed by atoms with Gasteiger partial charge in [0.2, 0.25) is 11.1 Å². The number of hydrogen-bond donors (Lipinski definition) is 2. The number of aryl methyl sites for hydroxylation is 1. The SMILES string of the molecule is CCCNc1nccc(Sc2n[nH]c(C)n2)n1. The van der Waals surface area contributed by atoms with Crippen LogP contribution in [0, 0.1) is 6.92 Å². The van der Waals surface area contributed by atoms with Gasteiger partial charge >= 0.3 is 0 Å². The number of rotatable bonds is 5. The van der Waals surface area contributed by atoms with Crippen LogP contribution in [-0.2, 0) is 0 Å². The third kappa shape index (κ3) is 3.42. The molecule has 2 aromatic rings. The summed E-state index contributed by atoms with van der Waals surface area (Å²) in [6.07, 6.45) is 2.77. The molecule has 0 aliphatic carbocycles. The maximum absolute atomic E-state index is 4.36. The fourth-order valence-corrected chi connectivity index (χ4v) is 1.90. The second kappa shape index (κ2) is 5.62. The average molecular weight is 250 g/mol. The molecule has 0 unspecified atom stereocenters. The van der Waals surface area contributed by atoms with Gasteiger partial charge in [0.1, 0.15) is 10.9 Å². The topological polar surface area (TPSA) is 79.4 Å². The Kier molecular flexibility index (Phi) is 3.92. The largest absolute Gasteiger partial charge is 0.354 e. The van der Waals surface area contributed by atoms with Crippen LogP contribution in [0.4, 0.5) is 5.95 Å². The molecule has 0 amide bonds. The summed E-state index contributed by atoms with van der Waals surface area (Å²) >= 11 is 1.41. The van der Waals surface area contributed by atoms with E-state index in [2.05, 4.69) is 37.4 Å². The summed E-state index contributed by atoms with van der Waals surface area (Å²) in [4.78, 5) is 12.7. The van der Waals surface area contributed by atoms with Gasteiger partial charge in [0.25, 0.3) is 0 Å². The molecule has 2 N–H and O–H groups in total. The smallest absolute Gasteiger partial charge is 0.223 e. The Labute approximate surface area is 104 Å². The van der Waals surface area contributed by atoms with E-state index in [1.807, 2.05) is 13.0 Å². The Hall–Kier alpha value is -1.63. The first-order valence-corrected chi connectivity index (χ1v) is 6.23. The normalized spacial score (nSPS) is 10.5. The highest BCUT2D eigenvalue weighted by Gasteiger charge is 2.05. The second-order valence-corrected chi connectivity index (χ2v) is 4.44. The molecule has 0 aliphatic heterocycles. The van der Waals surface area contributed by atoms with Crippen molar-refractivity contribution in [1.29, 1.82) is 0 Å². The van der Waals surface area contributed by atoms with E-state index in [-0.39, 0.29) is 0 Å². The van der Waals surface area contributed by atoms with Crippen LogP contribution in [0.3, 0.4) is 0 Å². The van der Waals surface area contributed by atoms with Crippen molar-refractivity contribution in [1.82, 2.24) is 25.1 Å². The van der Waals surface area contributed by atoms with E-state index in [0.717, 1.165) is 23.8 Å². The zero-order valence-corrected chi connectivity index (χ0v) is 10.6. The highest BCUT2D eigenvalue weighted by atomic mass is 32.2. The fraction of sp³-hybridized carbons (Fsp3) is 0.400. The van der Waals surface area contributed by atoms with E-state index in [1.165, 1.54) is 11.8 Å². The third-order valence-electron chi connectivity index (χ3n) is 1.94. The molecule has 0 aromatic carbocycles. The Morgan fingerprint density at radius 1 is 1.41 bits per heavy atom. The van der Waals surface area contributed by atoms with Gasteiger partial charge in [-0.05, 0) is 31.2 Å². The van der Waals surface area contributed by atoms with Crippen LogP contribution in [0.2, 0.25) is 0 Å². The summed E-state index contributed by atoms with van der Waals surface area (Å²) in [5, 5.41) is 11.5. The first-order chi connectivity index (χ1) is 8.28. The second-order valence-electron chi connectivity index (χ2n) is 3.45. The lowest BCUT2D eigenvalue weighted by molar-refractivity contribution is 0.929. The van der Waals surface area contributed by atoms with E-state index in [9.17, 15) is 0 Å². The molecule has 17 heavy (non-hydrogen) atoms. The van der Waals surface area contributed by atoms with Gasteiger partial charge in [0.15, 0.2) is 0 Å². The van der Waals surface area contributed by atoms with Crippen molar-refractivity contribution in [2.75, 3.05) is 11.9 Å². The van der Waals surface area contributed by atoms with Gasteiger partial charge in [-0.3, -0.25) is 5.10 Å². The molecule has 2 heterocycles. The minimum Gasteiger partial charge on any atom is -0.354 e. The molecule has 0 saturated heterocycles. The molecule has 7 heteroatoms. The zero-order chi connectivity index (χ0) is 12.1. The van der Waals surface area contributed by atoms with Gasteiger partial charge in [-0.2, -0.15) is 0 Å². The van der Waals surface area contributed by atoms with Gasteiger partial charge in [-0.25, -0.2) is 15.0 Å². The zero-order valence-electron chi connectivity index (χ0n) is 9.77. The van der Waals surface area contributed by atoms with Gasteiger partial charge in [0, 0.05) is 12.7 Å². The summed E-state index contributed by atoms with van der Waals surface area (Å²) in [5.74, 6) is 1.44. The predicted molar refractivity (Wildman–Crippen MR) is 66.1 cm³/mol. The number of aromatic amines is 1. The van der Waals surface area contributed by atoms with Crippen molar-refractivity contribution in [2.24, 2.45) is 0 Å². The summed E-state index contributed by atoms with van der Waals surface area (Å²) < 4.78 is 0. The molecule has 0 saturated carbocycles. The standard InChI is InChI=1S/C10H14N6S/c1-3-5-11-9-12-6-4-8(14-9)17-10-13-7(2)15-16-10/h4,6H,3,5H2,1-2H3,(H,11,12,14)(H,13,15,16). The van der Waals surface area contributed by atoms with Crippen molar-refractivity contribution in [3.8, 4) is 0 Å². The molecule has 0 fully saturated rings. The van der Waals surface area contributed by atoms with Crippen LogP contribution in [0.25, 0.3) is 0 Å². The minimum absolute atomic E-state index is 0.643. The number of nitrogens with one attached hydrogen (secondary N) is 2. The highest BCUT2D eigenvalue weighted by molar-refractivity contribution is 7.99. The monoisotopic (exact) mass is 250 g/mol. The first kappa shape index (κ1) is 11.8. The Balaban J connectivity index is 2.05. The molecule has 0 spiro atoms. The van der Waals surface area contributed by atoms with Crippen LogP contribution < -0.4 is 5.32 Å². The molecule has 0 aliphatic rings. The van der Waals surface area contributed by atoms with E-state index >= 15 is 0 Å². The lowest BCUT2D eigenvalue weighted by Crippen LogP contribution is -2.04. The molecule has 6 nitrogen and oxygen atoms in total. The minimum atomic E-state index is 0.643. The van der Waals surface area contributed by atoms with E-state index in [1.54, 1.807) is 6.20 Å². The van der Waals surface area contributed by atoms with Crippen LogP contribution in [-0.4, -0.2) is 31.7 Å². The van der Waals surface area contributed by atoms with Crippen LogP contribution in [0.1, 0.15) is 19.2 Å². The summed E-state index contributed by atoms with van der Waals surface area (Å²) in [6.45, 7) is 4.83. The number of anilines is 1. The lowest BCUT2D eigenvalue weighted by atomic mass is 10.5. The molecule has 0 bridgehead atoms. The van der Waals surface area contributed by atoms with Gasteiger partial charge in [0.05, 0.1) is 0 Å².